The number of carbonyl (C=O) groups excluding carboxylic acids is 1. The van der Waals surface area contributed by atoms with Crippen LogP contribution in [-0.4, -0.2) is 37.5 Å². The Morgan fingerprint density at radius 3 is 3.05 bits per heavy atom. The summed E-state index contributed by atoms with van der Waals surface area (Å²) in [5, 5.41) is 0. The third kappa shape index (κ3) is 4.41. The van der Waals surface area contributed by atoms with Crippen molar-refractivity contribution in [3.63, 3.8) is 0 Å². The van der Waals surface area contributed by atoms with E-state index >= 15 is 0 Å². The van der Waals surface area contributed by atoms with Gasteiger partial charge in [-0.25, -0.2) is 0 Å². The lowest BCUT2D eigenvalue weighted by Gasteiger charge is -2.19. The predicted molar refractivity (Wildman–Crippen MR) is 79.5 cm³/mol. The van der Waals surface area contributed by atoms with Crippen LogP contribution < -0.4 is 0 Å². The van der Waals surface area contributed by atoms with Gasteiger partial charge < -0.3 is 9.64 Å². The standard InChI is InChI=1S/C15H20BrNO2/c1-17(7-6-15-3-2-8-19-15)10-12-4-5-14(16)9-13(12)11-18/h4-5,9,11,15H,2-3,6-8,10H2,1H3. The lowest BCUT2D eigenvalue weighted by molar-refractivity contribution is 0.0942. The van der Waals surface area contributed by atoms with E-state index in [1.165, 1.54) is 12.8 Å². The maximum Gasteiger partial charge on any atom is 0.150 e. The maximum absolute atomic E-state index is 11.1. The minimum atomic E-state index is 0.429. The fourth-order valence-electron chi connectivity index (χ4n) is 2.43. The Hall–Kier alpha value is -0.710. The van der Waals surface area contributed by atoms with Gasteiger partial charge in [0.05, 0.1) is 6.10 Å². The van der Waals surface area contributed by atoms with Crippen LogP contribution in [0.3, 0.4) is 0 Å². The molecule has 1 aromatic carbocycles. The first kappa shape index (κ1) is 14.7. The average molecular weight is 326 g/mol. The summed E-state index contributed by atoms with van der Waals surface area (Å²) in [6, 6.07) is 5.86. The highest BCUT2D eigenvalue weighted by Crippen LogP contribution is 2.18. The van der Waals surface area contributed by atoms with E-state index in [0.29, 0.717) is 6.10 Å². The number of hydrogen-bond acceptors (Lipinski definition) is 3. The number of aldehydes is 1. The van der Waals surface area contributed by atoms with Gasteiger partial charge in [-0.15, -0.1) is 0 Å². The fourth-order valence-corrected chi connectivity index (χ4v) is 2.80. The molecule has 1 fully saturated rings. The topological polar surface area (TPSA) is 29.5 Å². The van der Waals surface area contributed by atoms with Gasteiger partial charge in [0.15, 0.2) is 0 Å². The van der Waals surface area contributed by atoms with Crippen molar-refractivity contribution in [3.8, 4) is 0 Å². The monoisotopic (exact) mass is 325 g/mol. The van der Waals surface area contributed by atoms with Crippen LogP contribution in [0.1, 0.15) is 35.2 Å². The van der Waals surface area contributed by atoms with Crippen LogP contribution in [0.5, 0.6) is 0 Å². The lowest BCUT2D eigenvalue weighted by Crippen LogP contribution is -2.23. The maximum atomic E-state index is 11.1. The molecule has 1 unspecified atom stereocenters. The number of nitrogens with zero attached hydrogens (tertiary/aromatic N) is 1. The molecule has 0 aromatic heterocycles. The Morgan fingerprint density at radius 2 is 2.37 bits per heavy atom. The SMILES string of the molecule is CN(CCC1CCCO1)Cc1ccc(Br)cc1C=O. The first-order valence-corrected chi connectivity index (χ1v) is 7.52. The second-order valence-electron chi connectivity index (χ2n) is 5.12. The van der Waals surface area contributed by atoms with Gasteiger partial charge in [-0.05, 0) is 44.0 Å². The number of ether oxygens (including phenoxy) is 1. The van der Waals surface area contributed by atoms with E-state index in [2.05, 4.69) is 27.9 Å². The van der Waals surface area contributed by atoms with E-state index in [1.54, 1.807) is 0 Å². The molecular weight excluding hydrogens is 306 g/mol. The first-order chi connectivity index (χ1) is 9.19. The van der Waals surface area contributed by atoms with Crippen molar-refractivity contribution in [1.82, 2.24) is 4.90 Å². The van der Waals surface area contributed by atoms with E-state index in [4.69, 9.17) is 4.74 Å². The normalized spacial score (nSPS) is 19.0. The molecule has 3 nitrogen and oxygen atoms in total. The summed E-state index contributed by atoms with van der Waals surface area (Å²) in [5.74, 6) is 0. The largest absolute Gasteiger partial charge is 0.378 e. The molecule has 0 spiro atoms. The molecule has 0 N–H and O–H groups in total. The van der Waals surface area contributed by atoms with Gasteiger partial charge in [-0.3, -0.25) is 4.79 Å². The molecule has 0 aliphatic carbocycles. The second-order valence-corrected chi connectivity index (χ2v) is 6.04. The van der Waals surface area contributed by atoms with Crippen LogP contribution in [0.2, 0.25) is 0 Å². The van der Waals surface area contributed by atoms with Crippen molar-refractivity contribution in [2.45, 2.75) is 31.9 Å². The number of benzene rings is 1. The molecule has 1 heterocycles. The van der Waals surface area contributed by atoms with Gasteiger partial charge in [0.1, 0.15) is 6.29 Å². The number of hydrogen-bond donors (Lipinski definition) is 0. The highest BCUT2D eigenvalue weighted by molar-refractivity contribution is 9.10. The van der Waals surface area contributed by atoms with Gasteiger partial charge in [-0.2, -0.15) is 0 Å². The fraction of sp³-hybridized carbons (Fsp3) is 0.533. The molecule has 2 rings (SSSR count). The Balaban J connectivity index is 1.87. The van der Waals surface area contributed by atoms with Crippen LogP contribution in [0.15, 0.2) is 22.7 Å². The molecule has 4 heteroatoms. The van der Waals surface area contributed by atoms with Gasteiger partial charge in [0.25, 0.3) is 0 Å². The van der Waals surface area contributed by atoms with Crippen molar-refractivity contribution >= 4 is 22.2 Å². The van der Waals surface area contributed by atoms with Crippen molar-refractivity contribution < 1.29 is 9.53 Å². The van der Waals surface area contributed by atoms with E-state index in [0.717, 1.165) is 48.0 Å². The summed E-state index contributed by atoms with van der Waals surface area (Å²) < 4.78 is 6.57. The number of rotatable bonds is 6. The molecule has 1 atom stereocenters. The zero-order chi connectivity index (χ0) is 13.7. The molecule has 0 radical (unpaired) electrons. The van der Waals surface area contributed by atoms with Crippen molar-refractivity contribution in [2.24, 2.45) is 0 Å². The Morgan fingerprint density at radius 1 is 1.53 bits per heavy atom. The summed E-state index contributed by atoms with van der Waals surface area (Å²) in [6.07, 6.45) is 4.80. The molecule has 19 heavy (non-hydrogen) atoms. The number of halogens is 1. The minimum Gasteiger partial charge on any atom is -0.378 e. The molecule has 104 valence electrons. The highest BCUT2D eigenvalue weighted by atomic mass is 79.9. The predicted octanol–water partition coefficient (Wildman–Crippen LogP) is 3.26. The molecule has 1 aliphatic heterocycles. The van der Waals surface area contributed by atoms with E-state index in [-0.39, 0.29) is 0 Å². The first-order valence-electron chi connectivity index (χ1n) is 6.73. The highest BCUT2D eigenvalue weighted by Gasteiger charge is 2.16. The van der Waals surface area contributed by atoms with E-state index in [1.807, 2.05) is 18.2 Å². The van der Waals surface area contributed by atoms with Gasteiger partial charge in [0, 0.05) is 29.7 Å². The summed E-state index contributed by atoms with van der Waals surface area (Å²) in [4.78, 5) is 13.3. The smallest absolute Gasteiger partial charge is 0.150 e. The molecule has 0 saturated carbocycles. The quantitative estimate of drug-likeness (QED) is 0.752. The zero-order valence-corrected chi connectivity index (χ0v) is 12.9. The van der Waals surface area contributed by atoms with Crippen LogP contribution in [-0.2, 0) is 11.3 Å². The Bertz CT molecular complexity index is 430. The van der Waals surface area contributed by atoms with Crippen molar-refractivity contribution in [2.75, 3.05) is 20.2 Å². The molecule has 0 amide bonds. The summed E-state index contributed by atoms with van der Waals surface area (Å²) >= 11 is 3.39. The summed E-state index contributed by atoms with van der Waals surface area (Å²) in [7, 11) is 2.09. The van der Waals surface area contributed by atoms with Crippen LogP contribution >= 0.6 is 15.9 Å². The van der Waals surface area contributed by atoms with Gasteiger partial charge in [0.2, 0.25) is 0 Å². The van der Waals surface area contributed by atoms with Crippen LogP contribution in [0.4, 0.5) is 0 Å². The van der Waals surface area contributed by atoms with Gasteiger partial charge in [-0.1, -0.05) is 22.0 Å². The van der Waals surface area contributed by atoms with Gasteiger partial charge >= 0.3 is 0 Å². The molecule has 1 aromatic rings. The van der Waals surface area contributed by atoms with Crippen LogP contribution in [0.25, 0.3) is 0 Å². The van der Waals surface area contributed by atoms with Crippen molar-refractivity contribution in [3.05, 3.63) is 33.8 Å². The van der Waals surface area contributed by atoms with E-state index in [9.17, 15) is 4.79 Å². The molecule has 0 bridgehead atoms. The third-order valence-electron chi connectivity index (χ3n) is 3.53. The zero-order valence-electron chi connectivity index (χ0n) is 11.3. The second kappa shape index (κ2) is 7.17. The molecule has 1 aliphatic rings. The summed E-state index contributed by atoms with van der Waals surface area (Å²) in [6.45, 7) is 2.71. The molecular formula is C15H20BrNO2. The van der Waals surface area contributed by atoms with Crippen LogP contribution in [0, 0.1) is 0 Å². The Kier molecular flexibility index (Phi) is 5.55. The Labute approximate surface area is 123 Å². The third-order valence-corrected chi connectivity index (χ3v) is 4.03. The average Bonchev–Trinajstić information content (AvgIpc) is 2.91. The summed E-state index contributed by atoms with van der Waals surface area (Å²) in [5.41, 5.74) is 1.84. The number of carbonyl (C=O) groups is 1. The molecule has 1 saturated heterocycles. The van der Waals surface area contributed by atoms with E-state index < -0.39 is 0 Å². The minimum absolute atomic E-state index is 0.429. The lowest BCUT2D eigenvalue weighted by atomic mass is 10.1. The van der Waals surface area contributed by atoms with Crippen molar-refractivity contribution in [1.29, 1.82) is 0 Å².